The van der Waals surface area contributed by atoms with Crippen LogP contribution in [0.1, 0.15) is 43.2 Å². The molecule has 2 aliphatic rings. The van der Waals surface area contributed by atoms with Gasteiger partial charge in [-0.3, -0.25) is 14.5 Å². The topological polar surface area (TPSA) is 49.9 Å². The van der Waals surface area contributed by atoms with Gasteiger partial charge in [0.05, 0.1) is 18.4 Å². The van der Waals surface area contributed by atoms with Crippen LogP contribution in [0, 0.1) is 11.8 Å². The highest BCUT2D eigenvalue weighted by atomic mass is 35.5. The number of esters is 1. The molecule has 0 N–H and O–H groups in total. The van der Waals surface area contributed by atoms with Gasteiger partial charge in [0, 0.05) is 37.7 Å². The summed E-state index contributed by atoms with van der Waals surface area (Å²) in [6.07, 6.45) is 2.45. The first-order valence-electron chi connectivity index (χ1n) is 12.0. The van der Waals surface area contributed by atoms with Crippen molar-refractivity contribution in [3.63, 3.8) is 0 Å². The second kappa shape index (κ2) is 11.2. The highest BCUT2D eigenvalue weighted by Crippen LogP contribution is 2.33. The van der Waals surface area contributed by atoms with Crippen LogP contribution < -0.4 is 0 Å². The van der Waals surface area contributed by atoms with Crippen LogP contribution in [0.25, 0.3) is 0 Å². The normalized spacial score (nSPS) is 23.8. The zero-order valence-electron chi connectivity index (χ0n) is 19.3. The number of piperidine rings is 2. The number of ether oxygens (including phenoxy) is 1. The van der Waals surface area contributed by atoms with Crippen molar-refractivity contribution in [3.05, 3.63) is 70.7 Å². The molecular formula is C27H33ClN2O3. The fourth-order valence-corrected chi connectivity index (χ4v) is 5.42. The van der Waals surface area contributed by atoms with E-state index in [1.807, 2.05) is 36.1 Å². The second-order valence-corrected chi connectivity index (χ2v) is 9.61. The Kier molecular flexibility index (Phi) is 8.05. The van der Waals surface area contributed by atoms with Crippen molar-refractivity contribution in [2.24, 2.45) is 11.8 Å². The van der Waals surface area contributed by atoms with E-state index in [0.717, 1.165) is 42.9 Å². The third kappa shape index (κ3) is 5.96. The van der Waals surface area contributed by atoms with E-state index < -0.39 is 0 Å². The predicted octanol–water partition coefficient (Wildman–Crippen LogP) is 4.75. The predicted molar refractivity (Wildman–Crippen MR) is 130 cm³/mol. The Morgan fingerprint density at radius 1 is 1.00 bits per heavy atom. The van der Waals surface area contributed by atoms with Gasteiger partial charge in [0.1, 0.15) is 0 Å². The molecular weight excluding hydrogens is 436 g/mol. The maximum atomic E-state index is 13.6. The average Bonchev–Trinajstić information content (AvgIpc) is 2.85. The molecule has 33 heavy (non-hydrogen) atoms. The van der Waals surface area contributed by atoms with Gasteiger partial charge in [-0.1, -0.05) is 60.1 Å². The molecule has 0 aliphatic carbocycles. The first-order valence-corrected chi connectivity index (χ1v) is 12.4. The third-order valence-electron chi connectivity index (χ3n) is 6.85. The Balaban J connectivity index is 1.51. The lowest BCUT2D eigenvalue weighted by molar-refractivity contribution is -0.152. The van der Waals surface area contributed by atoms with Gasteiger partial charge in [-0.15, -0.1) is 0 Å². The average molecular weight is 469 g/mol. The molecule has 5 nitrogen and oxygen atoms in total. The smallest absolute Gasteiger partial charge is 0.310 e. The molecule has 2 saturated heterocycles. The first-order chi connectivity index (χ1) is 16.0. The minimum Gasteiger partial charge on any atom is -0.466 e. The van der Waals surface area contributed by atoms with Gasteiger partial charge in [0.25, 0.3) is 0 Å². The van der Waals surface area contributed by atoms with Gasteiger partial charge >= 0.3 is 5.97 Å². The molecule has 0 bridgehead atoms. The number of halogens is 1. The molecule has 0 saturated carbocycles. The van der Waals surface area contributed by atoms with E-state index in [1.165, 1.54) is 5.56 Å². The number of benzene rings is 2. The Morgan fingerprint density at radius 2 is 1.76 bits per heavy atom. The van der Waals surface area contributed by atoms with E-state index in [2.05, 4.69) is 35.2 Å². The number of hydrogen-bond donors (Lipinski definition) is 0. The first kappa shape index (κ1) is 23.8. The summed E-state index contributed by atoms with van der Waals surface area (Å²) < 4.78 is 5.23. The second-order valence-electron chi connectivity index (χ2n) is 9.20. The number of nitrogens with zero attached hydrogens (tertiary/aromatic N) is 2. The molecule has 176 valence electrons. The van der Waals surface area contributed by atoms with Crippen molar-refractivity contribution < 1.29 is 14.3 Å². The summed E-state index contributed by atoms with van der Waals surface area (Å²) in [4.78, 5) is 30.2. The minimum absolute atomic E-state index is 0.104. The van der Waals surface area contributed by atoms with Crippen molar-refractivity contribution in [1.29, 1.82) is 0 Å². The van der Waals surface area contributed by atoms with Crippen LogP contribution in [0.2, 0.25) is 5.02 Å². The molecule has 2 aromatic carbocycles. The zero-order chi connectivity index (χ0) is 23.2. The van der Waals surface area contributed by atoms with E-state index in [4.69, 9.17) is 16.3 Å². The van der Waals surface area contributed by atoms with Crippen LogP contribution in [0.3, 0.4) is 0 Å². The summed E-state index contributed by atoms with van der Waals surface area (Å²) in [5.41, 5.74) is 2.35. The van der Waals surface area contributed by atoms with Crippen molar-refractivity contribution >= 4 is 23.5 Å². The molecule has 1 amide bonds. The summed E-state index contributed by atoms with van der Waals surface area (Å²) in [5, 5.41) is 0.760. The van der Waals surface area contributed by atoms with Crippen molar-refractivity contribution in [2.45, 2.75) is 38.6 Å². The van der Waals surface area contributed by atoms with E-state index in [0.29, 0.717) is 26.2 Å². The van der Waals surface area contributed by atoms with Crippen LogP contribution in [0.15, 0.2) is 54.6 Å². The standard InChI is InChI=1S/C27H33ClN2O3/c1-2-33-27(32)22-12-8-14-30(19-22)26(31)24-15-23(20-9-4-3-5-10-20)17-29(18-24)16-21-11-6-7-13-25(21)28/h3-7,9-11,13,22-24H,2,8,12,14-19H2,1H3. The molecule has 0 spiro atoms. The van der Waals surface area contributed by atoms with Crippen LogP contribution in [0.4, 0.5) is 0 Å². The van der Waals surface area contributed by atoms with Crippen LogP contribution >= 0.6 is 11.6 Å². The lowest BCUT2D eigenvalue weighted by Crippen LogP contribution is -2.50. The van der Waals surface area contributed by atoms with Crippen molar-refractivity contribution in [3.8, 4) is 0 Å². The van der Waals surface area contributed by atoms with Gasteiger partial charge in [0.15, 0.2) is 0 Å². The molecule has 6 heteroatoms. The van der Waals surface area contributed by atoms with Crippen LogP contribution in [0.5, 0.6) is 0 Å². The van der Waals surface area contributed by atoms with Crippen LogP contribution in [-0.4, -0.2) is 54.5 Å². The minimum atomic E-state index is -0.213. The number of hydrogen-bond acceptors (Lipinski definition) is 4. The van der Waals surface area contributed by atoms with Gasteiger partial charge in [-0.2, -0.15) is 0 Å². The Bertz CT molecular complexity index is 951. The number of carbonyl (C=O) groups is 2. The molecule has 3 unspecified atom stereocenters. The Morgan fingerprint density at radius 3 is 2.52 bits per heavy atom. The molecule has 0 radical (unpaired) electrons. The number of amides is 1. The zero-order valence-corrected chi connectivity index (χ0v) is 20.0. The fourth-order valence-electron chi connectivity index (χ4n) is 5.22. The summed E-state index contributed by atoms with van der Waals surface area (Å²) in [5.74, 6) is -0.0558. The van der Waals surface area contributed by atoms with Crippen molar-refractivity contribution in [1.82, 2.24) is 9.80 Å². The number of likely N-dealkylation sites (tertiary alicyclic amines) is 2. The highest BCUT2D eigenvalue weighted by Gasteiger charge is 2.37. The molecule has 0 aromatic heterocycles. The fraction of sp³-hybridized carbons (Fsp3) is 0.481. The summed E-state index contributed by atoms with van der Waals surface area (Å²) in [6, 6.07) is 18.4. The lowest BCUT2D eigenvalue weighted by atomic mass is 9.83. The molecule has 2 heterocycles. The number of rotatable bonds is 6. The SMILES string of the molecule is CCOC(=O)C1CCCN(C(=O)C2CC(c3ccccc3)CN(Cc3ccccc3Cl)C2)C1. The third-order valence-corrected chi connectivity index (χ3v) is 7.22. The van der Waals surface area contributed by atoms with Crippen molar-refractivity contribution in [2.75, 3.05) is 32.8 Å². The highest BCUT2D eigenvalue weighted by molar-refractivity contribution is 6.31. The van der Waals surface area contributed by atoms with Gasteiger partial charge in [-0.25, -0.2) is 0 Å². The quantitative estimate of drug-likeness (QED) is 0.574. The monoisotopic (exact) mass is 468 g/mol. The number of carbonyl (C=O) groups excluding carboxylic acids is 2. The largest absolute Gasteiger partial charge is 0.466 e. The summed E-state index contributed by atoms with van der Waals surface area (Å²) >= 11 is 6.44. The summed E-state index contributed by atoms with van der Waals surface area (Å²) in [6.45, 7) is 5.70. The van der Waals surface area contributed by atoms with Gasteiger partial charge in [0.2, 0.25) is 5.91 Å². The van der Waals surface area contributed by atoms with E-state index in [1.54, 1.807) is 0 Å². The van der Waals surface area contributed by atoms with Gasteiger partial charge in [-0.05, 0) is 49.3 Å². The molecule has 4 rings (SSSR count). The van der Waals surface area contributed by atoms with Crippen LogP contribution in [-0.2, 0) is 20.9 Å². The maximum absolute atomic E-state index is 13.6. The Hall–Kier alpha value is -2.37. The lowest BCUT2D eigenvalue weighted by Gasteiger charge is -2.41. The molecule has 2 fully saturated rings. The van der Waals surface area contributed by atoms with E-state index in [-0.39, 0.29) is 29.6 Å². The van der Waals surface area contributed by atoms with Gasteiger partial charge < -0.3 is 9.64 Å². The summed E-state index contributed by atoms with van der Waals surface area (Å²) in [7, 11) is 0. The molecule has 2 aromatic rings. The van der Waals surface area contributed by atoms with E-state index in [9.17, 15) is 9.59 Å². The molecule has 3 atom stereocenters. The Labute approximate surface area is 201 Å². The maximum Gasteiger partial charge on any atom is 0.310 e. The molecule has 2 aliphatic heterocycles. The van der Waals surface area contributed by atoms with E-state index >= 15 is 0 Å².